The van der Waals surface area contributed by atoms with Crippen LogP contribution in [0.15, 0.2) is 60.0 Å². The standard InChI is InChI=1S/C29H33N7O3S2/c1-35-12-14-36(15-13-35)41(38,39)23-8-6-21(7-9-23)24(16-20-4-2-3-5-20)27(37)34-29-33-26-11-10-25(32-28(26)40-29)22-17-30-19-31-18-22/h6-11,17-20,24H,2-5,12-16H2,1H3,(H,33,34,37)/t24-/m1/s1. The number of rotatable bonds is 8. The van der Waals surface area contributed by atoms with E-state index in [9.17, 15) is 13.2 Å². The molecule has 1 atom stereocenters. The number of aromatic nitrogens is 4. The number of benzene rings is 1. The van der Waals surface area contributed by atoms with Crippen molar-refractivity contribution in [1.82, 2.24) is 29.1 Å². The number of nitrogens with zero attached hydrogens (tertiary/aromatic N) is 6. The van der Waals surface area contributed by atoms with Crippen LogP contribution >= 0.6 is 11.3 Å². The number of carbonyl (C=O) groups is 1. The normalized spacial score (nSPS) is 18.1. The van der Waals surface area contributed by atoms with E-state index in [0.29, 0.717) is 47.6 Å². The van der Waals surface area contributed by atoms with Gasteiger partial charge in [0.1, 0.15) is 16.7 Å². The Morgan fingerprint density at radius 3 is 2.41 bits per heavy atom. The van der Waals surface area contributed by atoms with Crippen LogP contribution in [0.25, 0.3) is 21.6 Å². The lowest BCUT2D eigenvalue weighted by molar-refractivity contribution is -0.118. The van der Waals surface area contributed by atoms with E-state index in [4.69, 9.17) is 4.98 Å². The molecule has 6 rings (SSSR count). The third kappa shape index (κ3) is 6.15. The van der Waals surface area contributed by atoms with Gasteiger partial charge in [-0.05, 0) is 49.2 Å². The average molecular weight is 592 g/mol. The van der Waals surface area contributed by atoms with Crippen molar-refractivity contribution >= 4 is 42.7 Å². The molecule has 2 fully saturated rings. The Hall–Kier alpha value is -3.32. The van der Waals surface area contributed by atoms with Crippen molar-refractivity contribution in [2.45, 2.75) is 42.9 Å². The highest BCUT2D eigenvalue weighted by Gasteiger charge is 2.30. The summed E-state index contributed by atoms with van der Waals surface area (Å²) in [5.74, 6) is -0.0787. The zero-order valence-electron chi connectivity index (χ0n) is 22.9. The van der Waals surface area contributed by atoms with Crippen LogP contribution in [-0.4, -0.2) is 76.7 Å². The number of piperazine rings is 1. The molecule has 41 heavy (non-hydrogen) atoms. The summed E-state index contributed by atoms with van der Waals surface area (Å²) in [6.07, 6.45) is 10.2. The Morgan fingerprint density at radius 2 is 1.71 bits per heavy atom. The van der Waals surface area contributed by atoms with Crippen molar-refractivity contribution in [3.05, 3.63) is 60.7 Å². The first-order valence-corrected chi connectivity index (χ1v) is 16.2. The van der Waals surface area contributed by atoms with Crippen LogP contribution in [0.2, 0.25) is 0 Å². The molecule has 12 heteroatoms. The Morgan fingerprint density at radius 1 is 1.00 bits per heavy atom. The number of fused-ring (bicyclic) bond motifs is 1. The number of carbonyl (C=O) groups excluding carboxylic acids is 1. The van der Waals surface area contributed by atoms with Crippen molar-refractivity contribution in [1.29, 1.82) is 0 Å². The molecule has 0 radical (unpaired) electrons. The summed E-state index contributed by atoms with van der Waals surface area (Å²) in [4.78, 5) is 34.2. The summed E-state index contributed by atoms with van der Waals surface area (Å²) >= 11 is 1.33. The molecular weight excluding hydrogens is 558 g/mol. The minimum atomic E-state index is -3.57. The van der Waals surface area contributed by atoms with E-state index in [-0.39, 0.29) is 10.8 Å². The van der Waals surface area contributed by atoms with Crippen molar-refractivity contribution in [3.8, 4) is 11.3 Å². The van der Waals surface area contributed by atoms with Gasteiger partial charge >= 0.3 is 0 Å². The van der Waals surface area contributed by atoms with Crippen LogP contribution in [0.3, 0.4) is 0 Å². The molecule has 3 aromatic heterocycles. The quantitative estimate of drug-likeness (QED) is 0.320. The van der Waals surface area contributed by atoms with Gasteiger partial charge in [-0.25, -0.2) is 28.4 Å². The van der Waals surface area contributed by atoms with Gasteiger partial charge in [0.2, 0.25) is 15.9 Å². The molecule has 214 valence electrons. The number of nitrogens with one attached hydrogen (secondary N) is 1. The molecule has 1 N–H and O–H groups in total. The summed E-state index contributed by atoms with van der Waals surface area (Å²) in [6, 6.07) is 10.6. The van der Waals surface area contributed by atoms with Crippen LogP contribution in [-0.2, 0) is 14.8 Å². The number of anilines is 1. The van der Waals surface area contributed by atoms with Crippen molar-refractivity contribution in [2.24, 2.45) is 5.92 Å². The summed E-state index contributed by atoms with van der Waals surface area (Å²) in [5, 5.41) is 3.53. The van der Waals surface area contributed by atoms with Gasteiger partial charge in [-0.1, -0.05) is 49.2 Å². The Bertz CT molecular complexity index is 1610. The topological polar surface area (TPSA) is 121 Å². The van der Waals surface area contributed by atoms with Gasteiger partial charge < -0.3 is 10.2 Å². The highest BCUT2D eigenvalue weighted by molar-refractivity contribution is 7.89. The third-order valence-corrected chi connectivity index (χ3v) is 10.9. The first-order chi connectivity index (χ1) is 19.9. The van der Waals surface area contributed by atoms with Crippen LogP contribution in [0.1, 0.15) is 43.6 Å². The number of pyridine rings is 1. The fourth-order valence-corrected chi connectivity index (χ4v) is 7.94. The smallest absolute Gasteiger partial charge is 0.243 e. The monoisotopic (exact) mass is 591 g/mol. The molecule has 1 aliphatic carbocycles. The number of sulfonamides is 1. The molecule has 0 spiro atoms. The molecule has 1 aliphatic heterocycles. The Kier molecular flexibility index (Phi) is 8.07. The molecule has 1 saturated heterocycles. The number of likely N-dealkylation sites (N-methyl/N-ethyl adjacent to an activating group) is 1. The number of thiazole rings is 1. The summed E-state index contributed by atoms with van der Waals surface area (Å²) in [5.41, 5.74) is 3.07. The van der Waals surface area contributed by atoms with Crippen molar-refractivity contribution < 1.29 is 13.2 Å². The fourth-order valence-electron chi connectivity index (χ4n) is 5.68. The second kappa shape index (κ2) is 11.9. The van der Waals surface area contributed by atoms with E-state index in [2.05, 4.69) is 25.2 Å². The number of hydrogen-bond donors (Lipinski definition) is 1. The maximum atomic E-state index is 13.7. The lowest BCUT2D eigenvalue weighted by atomic mass is 9.87. The molecule has 0 bridgehead atoms. The minimum Gasteiger partial charge on any atom is -0.304 e. The van der Waals surface area contributed by atoms with Crippen LogP contribution in [0.5, 0.6) is 0 Å². The molecule has 10 nitrogen and oxygen atoms in total. The first-order valence-electron chi connectivity index (χ1n) is 14.0. The molecule has 4 heterocycles. The van der Waals surface area contributed by atoms with Gasteiger partial charge in [0, 0.05) is 44.1 Å². The molecule has 1 saturated carbocycles. The summed E-state index contributed by atoms with van der Waals surface area (Å²) in [6.45, 7) is 2.38. The van der Waals surface area contributed by atoms with Crippen LogP contribution in [0.4, 0.5) is 5.13 Å². The third-order valence-electron chi connectivity index (χ3n) is 8.08. The van der Waals surface area contributed by atoms with Crippen molar-refractivity contribution in [3.63, 3.8) is 0 Å². The zero-order chi connectivity index (χ0) is 28.4. The van der Waals surface area contributed by atoms with Gasteiger partial charge in [0.05, 0.1) is 16.5 Å². The fraction of sp³-hybridized carbons (Fsp3) is 0.414. The van der Waals surface area contributed by atoms with E-state index >= 15 is 0 Å². The zero-order valence-corrected chi connectivity index (χ0v) is 24.6. The lowest BCUT2D eigenvalue weighted by Crippen LogP contribution is -2.47. The molecule has 4 aromatic rings. The first kappa shape index (κ1) is 27.8. The van der Waals surface area contributed by atoms with Gasteiger partial charge in [-0.3, -0.25) is 4.79 Å². The predicted octanol–water partition coefficient (Wildman–Crippen LogP) is 4.39. The molecule has 1 aromatic carbocycles. The molecule has 1 amide bonds. The van der Waals surface area contributed by atoms with Crippen LogP contribution < -0.4 is 5.32 Å². The molecule has 2 aliphatic rings. The van der Waals surface area contributed by atoms with E-state index < -0.39 is 15.9 Å². The SMILES string of the molecule is CN1CCN(S(=O)(=O)c2ccc([C@@H](CC3CCCC3)C(=O)Nc3nc4ccc(-c5cncnc5)nc4s3)cc2)CC1. The second-order valence-electron chi connectivity index (χ2n) is 10.9. The molecular formula is C29H33N7O3S2. The Labute approximate surface area is 243 Å². The lowest BCUT2D eigenvalue weighted by Gasteiger charge is -2.31. The maximum absolute atomic E-state index is 13.7. The average Bonchev–Trinajstić information content (AvgIpc) is 3.65. The molecule has 0 unspecified atom stereocenters. The predicted molar refractivity (Wildman–Crippen MR) is 159 cm³/mol. The van der Waals surface area contributed by atoms with E-state index in [0.717, 1.165) is 36.1 Å². The minimum absolute atomic E-state index is 0.137. The van der Waals surface area contributed by atoms with Gasteiger partial charge in [0.15, 0.2) is 5.13 Å². The number of amides is 1. The van der Waals surface area contributed by atoms with Crippen molar-refractivity contribution in [2.75, 3.05) is 38.5 Å². The van der Waals surface area contributed by atoms with Gasteiger partial charge in [0.25, 0.3) is 0 Å². The van der Waals surface area contributed by atoms with E-state index in [1.54, 1.807) is 41.0 Å². The second-order valence-corrected chi connectivity index (χ2v) is 13.8. The van der Waals surface area contributed by atoms with E-state index in [1.165, 1.54) is 30.5 Å². The number of hydrogen-bond acceptors (Lipinski definition) is 9. The highest BCUT2D eigenvalue weighted by Crippen LogP contribution is 2.36. The Balaban J connectivity index is 1.22. The summed E-state index contributed by atoms with van der Waals surface area (Å²) in [7, 11) is -1.58. The van der Waals surface area contributed by atoms with E-state index in [1.807, 2.05) is 19.2 Å². The van der Waals surface area contributed by atoms with Gasteiger partial charge in [-0.2, -0.15) is 4.31 Å². The largest absolute Gasteiger partial charge is 0.304 e. The maximum Gasteiger partial charge on any atom is 0.243 e. The highest BCUT2D eigenvalue weighted by atomic mass is 32.2. The van der Waals surface area contributed by atoms with Gasteiger partial charge in [-0.15, -0.1) is 0 Å². The summed E-state index contributed by atoms with van der Waals surface area (Å²) < 4.78 is 28.0. The van der Waals surface area contributed by atoms with Crippen LogP contribution in [0, 0.1) is 5.92 Å².